The molecule has 3 aromatic rings. The van der Waals surface area contributed by atoms with Crippen LogP contribution in [0.5, 0.6) is 11.5 Å². The van der Waals surface area contributed by atoms with Crippen LogP contribution in [-0.2, 0) is 30.4 Å². The average Bonchev–Trinajstić information content (AvgIpc) is 3.57. The van der Waals surface area contributed by atoms with Gasteiger partial charge in [0.1, 0.15) is 12.2 Å². The maximum absolute atomic E-state index is 12.5. The first-order valence-electron chi connectivity index (χ1n) is 13.9. The molecule has 5 atom stereocenters. The van der Waals surface area contributed by atoms with Gasteiger partial charge in [-0.25, -0.2) is 0 Å². The zero-order valence-electron chi connectivity index (χ0n) is 23.4. The number of ether oxygens (including phenoxy) is 5. The minimum Gasteiger partial charge on any atom is -0.454 e. The van der Waals surface area contributed by atoms with Gasteiger partial charge in [0.2, 0.25) is 6.79 Å². The van der Waals surface area contributed by atoms with Crippen molar-refractivity contribution in [3.63, 3.8) is 0 Å². The number of hydrogen-bond acceptors (Lipinski definition) is 10. The summed E-state index contributed by atoms with van der Waals surface area (Å²) in [5, 5.41) is 13.5. The third-order valence-electron chi connectivity index (χ3n) is 7.71. The van der Waals surface area contributed by atoms with Crippen LogP contribution in [-0.4, -0.2) is 53.1 Å². The number of benzene rings is 3. The molecular weight excluding hydrogens is 558 g/mol. The van der Waals surface area contributed by atoms with Gasteiger partial charge in [-0.1, -0.05) is 60.3 Å². The van der Waals surface area contributed by atoms with E-state index in [9.17, 15) is 9.90 Å². The third-order valence-corrected chi connectivity index (χ3v) is 8.89. The van der Waals surface area contributed by atoms with Gasteiger partial charge in [-0.2, -0.15) is 0 Å². The number of esters is 1. The molecule has 3 aliphatic heterocycles. The van der Waals surface area contributed by atoms with E-state index < -0.39 is 42.3 Å². The van der Waals surface area contributed by atoms with E-state index in [1.54, 1.807) is 11.1 Å². The number of nitrogens with zero attached hydrogens (tertiary/aromatic N) is 1. The first kappa shape index (κ1) is 27.5. The first-order valence-corrected chi connectivity index (χ1v) is 14.7. The van der Waals surface area contributed by atoms with E-state index in [-0.39, 0.29) is 13.4 Å². The van der Waals surface area contributed by atoms with Crippen LogP contribution in [0.1, 0.15) is 43.7 Å². The Balaban J connectivity index is 1.45. The van der Waals surface area contributed by atoms with E-state index >= 15 is 0 Å². The fourth-order valence-electron chi connectivity index (χ4n) is 6.07. The molecule has 3 aromatic carbocycles. The summed E-state index contributed by atoms with van der Waals surface area (Å²) < 4.78 is 30.4. The lowest BCUT2D eigenvalue weighted by molar-refractivity contribution is -0.282. The molecule has 0 radical (unpaired) electrons. The fraction of sp³-hybridized carbons (Fsp3) is 0.344. The van der Waals surface area contributed by atoms with Crippen LogP contribution in [0.3, 0.4) is 0 Å². The molecule has 0 saturated carbocycles. The summed E-state index contributed by atoms with van der Waals surface area (Å²) >= 11 is 1.49. The topological polar surface area (TPSA) is 95.9 Å². The maximum atomic E-state index is 12.5. The Kier molecular flexibility index (Phi) is 7.00. The normalized spacial score (nSPS) is 27.3. The predicted octanol–water partition coefficient (Wildman–Crippen LogP) is 5.19. The summed E-state index contributed by atoms with van der Waals surface area (Å²) in [6.07, 6.45) is -3.22. The van der Waals surface area contributed by atoms with Crippen LogP contribution < -0.4 is 9.47 Å². The smallest absolute Gasteiger partial charge is 0.303 e. The van der Waals surface area contributed by atoms with Crippen LogP contribution in [0.25, 0.3) is 5.57 Å². The molecule has 0 amide bonds. The summed E-state index contributed by atoms with van der Waals surface area (Å²) in [6, 6.07) is 22.7. The Hall–Kier alpha value is -3.38. The second-order valence-corrected chi connectivity index (χ2v) is 12.1. The fourth-order valence-corrected chi connectivity index (χ4v) is 7.25. The second-order valence-electron chi connectivity index (χ2n) is 11.0. The number of carbonyl (C=O) groups excluding carboxylic acids is 1. The molecule has 1 saturated heterocycles. The molecule has 9 nitrogen and oxygen atoms in total. The highest BCUT2D eigenvalue weighted by atomic mass is 32.2. The highest BCUT2D eigenvalue weighted by molar-refractivity contribution is 8.03. The minimum atomic E-state index is -1.16. The van der Waals surface area contributed by atoms with E-state index in [0.717, 1.165) is 26.5 Å². The van der Waals surface area contributed by atoms with E-state index in [1.807, 2.05) is 80.6 Å². The Morgan fingerprint density at radius 3 is 2.38 bits per heavy atom. The van der Waals surface area contributed by atoms with Crippen molar-refractivity contribution in [2.75, 3.05) is 6.79 Å². The number of aliphatic hydroxyl groups is 1. The van der Waals surface area contributed by atoms with Gasteiger partial charge in [0.15, 0.2) is 29.6 Å². The van der Waals surface area contributed by atoms with E-state index in [0.29, 0.717) is 17.1 Å². The zero-order chi connectivity index (χ0) is 29.0. The number of thioether (sulfide) groups is 1. The molecule has 3 heterocycles. The first-order chi connectivity index (χ1) is 20.3. The molecule has 218 valence electrons. The largest absolute Gasteiger partial charge is 0.454 e. The summed E-state index contributed by atoms with van der Waals surface area (Å²) in [5.41, 5.74) is 3.09. The Morgan fingerprint density at radius 1 is 1.00 bits per heavy atom. The van der Waals surface area contributed by atoms with Gasteiger partial charge in [-0.15, -0.1) is 5.06 Å². The van der Waals surface area contributed by atoms with Crippen molar-refractivity contribution in [1.29, 1.82) is 0 Å². The number of fused-ring (bicyclic) bond motifs is 6. The molecule has 0 spiro atoms. The van der Waals surface area contributed by atoms with Crippen LogP contribution in [0.15, 0.2) is 82.6 Å². The van der Waals surface area contributed by atoms with E-state index in [4.69, 9.17) is 28.5 Å². The summed E-state index contributed by atoms with van der Waals surface area (Å²) in [5.74, 6) is -0.295. The van der Waals surface area contributed by atoms with E-state index in [2.05, 4.69) is 0 Å². The van der Waals surface area contributed by atoms with Gasteiger partial charge < -0.3 is 28.8 Å². The van der Waals surface area contributed by atoms with Crippen molar-refractivity contribution >= 4 is 23.3 Å². The minimum absolute atomic E-state index is 0.0859. The summed E-state index contributed by atoms with van der Waals surface area (Å²) in [6.45, 7) is 5.37. The van der Waals surface area contributed by atoms with Crippen molar-refractivity contribution in [3.8, 4) is 11.5 Å². The number of aliphatic hydroxyl groups excluding tert-OH is 1. The summed E-state index contributed by atoms with van der Waals surface area (Å²) in [4.78, 5) is 20.7. The SMILES string of the molecule is CC(=O)O[C@@H]1C(Sc2ccccc2)=C2c3cc4c(cc3C(O)N(OCc3ccccc3)[C@@H]2[C@H]2OC(C)(C)O[C@H]21)OCO4. The van der Waals surface area contributed by atoms with Gasteiger partial charge in [-0.05, 0) is 54.8 Å². The molecule has 1 aliphatic carbocycles. The molecule has 0 aromatic heterocycles. The Labute approximate surface area is 247 Å². The molecule has 0 bridgehead atoms. The molecule has 1 fully saturated rings. The monoisotopic (exact) mass is 589 g/mol. The third kappa shape index (κ3) is 4.88. The molecule has 4 aliphatic rings. The van der Waals surface area contributed by atoms with Gasteiger partial charge in [0.05, 0.1) is 12.6 Å². The van der Waals surface area contributed by atoms with Crippen LogP contribution >= 0.6 is 11.8 Å². The van der Waals surface area contributed by atoms with Crippen molar-refractivity contribution < 1.29 is 38.4 Å². The number of hydroxylamine groups is 2. The van der Waals surface area contributed by atoms with Gasteiger partial charge in [0, 0.05) is 22.3 Å². The van der Waals surface area contributed by atoms with Gasteiger partial charge >= 0.3 is 5.97 Å². The lowest BCUT2D eigenvalue weighted by Gasteiger charge is -2.48. The van der Waals surface area contributed by atoms with Gasteiger partial charge in [-0.3, -0.25) is 9.63 Å². The standard InChI is InChI=1S/C32H31NO8S/c1-18(34)39-29-28-27(40-32(2,3)41-28)26-25(30(29)42-20-12-8-5-9-13-20)21-14-23-24(37-17-36-23)15-22(21)31(35)33(26)38-16-19-10-6-4-7-11-19/h4-15,26-29,31,35H,16-17H2,1-3H3/t26-,27+,28+,29-,31?/m0/s1. The molecule has 1 unspecified atom stereocenters. The average molecular weight is 590 g/mol. The molecule has 42 heavy (non-hydrogen) atoms. The second kappa shape index (κ2) is 10.7. The lowest BCUT2D eigenvalue weighted by atomic mass is 9.78. The number of hydrogen-bond donors (Lipinski definition) is 1. The highest BCUT2D eigenvalue weighted by Crippen LogP contribution is 2.55. The zero-order valence-corrected chi connectivity index (χ0v) is 24.2. The molecule has 10 heteroatoms. The molecular formula is C32H31NO8S. The molecule has 1 N–H and O–H groups in total. The number of carbonyl (C=O) groups is 1. The number of rotatable bonds is 6. The molecule has 7 rings (SSSR count). The summed E-state index contributed by atoms with van der Waals surface area (Å²) in [7, 11) is 0. The lowest BCUT2D eigenvalue weighted by Crippen LogP contribution is -2.58. The van der Waals surface area contributed by atoms with E-state index in [1.165, 1.54) is 18.7 Å². The maximum Gasteiger partial charge on any atom is 0.303 e. The van der Waals surface area contributed by atoms with Crippen molar-refractivity contribution in [3.05, 3.63) is 94.4 Å². The highest BCUT2D eigenvalue weighted by Gasteiger charge is 2.60. The van der Waals surface area contributed by atoms with Gasteiger partial charge in [0.25, 0.3) is 0 Å². The van der Waals surface area contributed by atoms with Crippen LogP contribution in [0, 0.1) is 0 Å². The van der Waals surface area contributed by atoms with Crippen molar-refractivity contribution in [2.45, 2.75) is 68.6 Å². The Morgan fingerprint density at radius 2 is 1.67 bits per heavy atom. The van der Waals surface area contributed by atoms with Crippen LogP contribution in [0.2, 0.25) is 0 Å². The Bertz CT molecular complexity index is 1530. The predicted molar refractivity (Wildman–Crippen MR) is 153 cm³/mol. The van der Waals surface area contributed by atoms with Crippen molar-refractivity contribution in [1.82, 2.24) is 5.06 Å². The van der Waals surface area contributed by atoms with Crippen LogP contribution in [0.4, 0.5) is 0 Å². The quantitative estimate of drug-likeness (QED) is 0.387. The van der Waals surface area contributed by atoms with Crippen molar-refractivity contribution in [2.24, 2.45) is 0 Å².